The van der Waals surface area contributed by atoms with Crippen LogP contribution in [0.3, 0.4) is 0 Å². The van der Waals surface area contributed by atoms with Crippen molar-refractivity contribution in [3.8, 4) is 11.1 Å². The molecule has 2 aromatic rings. The van der Waals surface area contributed by atoms with Crippen molar-refractivity contribution in [1.29, 1.82) is 0 Å². The highest BCUT2D eigenvalue weighted by molar-refractivity contribution is 6.13. The Morgan fingerprint density at radius 2 is 1.29 bits per heavy atom. The fourth-order valence-corrected chi connectivity index (χ4v) is 1.56. The van der Waals surface area contributed by atoms with E-state index in [-0.39, 0.29) is 7.69 Å². The number of aryl methyl sites for hydroxylation is 1. The topological polar surface area (TPSA) is 40.5 Å². The van der Waals surface area contributed by atoms with Gasteiger partial charge < -0.3 is 10.0 Å². The van der Waals surface area contributed by atoms with Crippen molar-refractivity contribution in [2.75, 3.05) is 0 Å². The molecule has 0 spiro atoms. The van der Waals surface area contributed by atoms with E-state index in [0.717, 1.165) is 6.42 Å². The maximum Gasteiger partial charge on any atom is 0.482 e. The van der Waals surface area contributed by atoms with Gasteiger partial charge in [0.05, 0.1) is 0 Å². The van der Waals surface area contributed by atoms with Gasteiger partial charge in [0.25, 0.3) is 0 Å². The van der Waals surface area contributed by atoms with Crippen molar-refractivity contribution in [2.45, 2.75) is 13.3 Å². The minimum Gasteiger partial charge on any atom is -0.429 e. The molecule has 17 heavy (non-hydrogen) atoms. The SMILES string of the molecule is CCc1ccc(-c2ccccc2)cc1.O[B]O. The lowest BCUT2D eigenvalue weighted by Gasteiger charge is -2.02. The zero-order valence-electron chi connectivity index (χ0n) is 9.88. The van der Waals surface area contributed by atoms with E-state index in [2.05, 4.69) is 55.5 Å². The first-order chi connectivity index (χ1) is 8.31. The summed E-state index contributed by atoms with van der Waals surface area (Å²) >= 11 is 0. The predicted molar refractivity (Wildman–Crippen MR) is 71.4 cm³/mol. The molecular weight excluding hydrogens is 211 g/mol. The Morgan fingerprint density at radius 3 is 1.76 bits per heavy atom. The van der Waals surface area contributed by atoms with Crippen molar-refractivity contribution in [2.24, 2.45) is 0 Å². The smallest absolute Gasteiger partial charge is 0.429 e. The molecule has 0 saturated carbocycles. The van der Waals surface area contributed by atoms with Crippen LogP contribution in [-0.2, 0) is 6.42 Å². The molecule has 0 aliphatic heterocycles. The molecular formula is C14H16BO2. The second-order valence-corrected chi connectivity index (χ2v) is 3.53. The molecule has 0 unspecified atom stereocenters. The van der Waals surface area contributed by atoms with E-state index in [0.29, 0.717) is 0 Å². The number of hydrogen-bond donors (Lipinski definition) is 2. The molecule has 0 aromatic heterocycles. The molecule has 2 N–H and O–H groups in total. The third-order valence-electron chi connectivity index (χ3n) is 2.47. The molecule has 2 rings (SSSR count). The second-order valence-electron chi connectivity index (χ2n) is 3.53. The van der Waals surface area contributed by atoms with Crippen LogP contribution in [0.15, 0.2) is 54.6 Å². The molecule has 0 aliphatic rings. The van der Waals surface area contributed by atoms with E-state index in [9.17, 15) is 0 Å². The average molecular weight is 227 g/mol. The van der Waals surface area contributed by atoms with Crippen molar-refractivity contribution in [3.63, 3.8) is 0 Å². The predicted octanol–water partition coefficient (Wildman–Crippen LogP) is 2.42. The van der Waals surface area contributed by atoms with Crippen LogP contribution in [0, 0.1) is 0 Å². The number of hydrogen-bond acceptors (Lipinski definition) is 2. The van der Waals surface area contributed by atoms with Crippen LogP contribution < -0.4 is 0 Å². The van der Waals surface area contributed by atoms with E-state index >= 15 is 0 Å². The lowest BCUT2D eigenvalue weighted by atomic mass is 10.0. The highest BCUT2D eigenvalue weighted by Crippen LogP contribution is 2.19. The molecule has 0 aliphatic carbocycles. The second kappa shape index (κ2) is 7.66. The molecule has 0 heterocycles. The summed E-state index contributed by atoms with van der Waals surface area (Å²) in [5.74, 6) is 0. The van der Waals surface area contributed by atoms with Gasteiger partial charge >= 0.3 is 7.69 Å². The van der Waals surface area contributed by atoms with Crippen molar-refractivity contribution in [3.05, 3.63) is 60.2 Å². The third-order valence-corrected chi connectivity index (χ3v) is 2.47. The molecule has 3 heteroatoms. The fourth-order valence-electron chi connectivity index (χ4n) is 1.56. The standard InChI is InChI=1S/C14H14.BH2O2/c1-2-12-8-10-14(11-9-12)13-6-4-3-5-7-13;2-1-3/h3-11H,2H2,1H3;2-3H. The molecule has 2 aromatic carbocycles. The third kappa shape index (κ3) is 4.43. The molecule has 0 fully saturated rings. The van der Waals surface area contributed by atoms with E-state index in [1.807, 2.05) is 6.07 Å². The minimum absolute atomic E-state index is 0. The summed E-state index contributed by atoms with van der Waals surface area (Å²) in [6.45, 7) is 2.18. The molecule has 2 nitrogen and oxygen atoms in total. The molecule has 87 valence electrons. The van der Waals surface area contributed by atoms with Crippen LogP contribution in [0.25, 0.3) is 11.1 Å². The van der Waals surface area contributed by atoms with Gasteiger partial charge in [0.15, 0.2) is 0 Å². The maximum absolute atomic E-state index is 7.00. The lowest BCUT2D eigenvalue weighted by Crippen LogP contribution is -1.80. The zero-order chi connectivity index (χ0) is 12.5. The van der Waals surface area contributed by atoms with Gasteiger partial charge in [0.1, 0.15) is 0 Å². The van der Waals surface area contributed by atoms with E-state index in [4.69, 9.17) is 10.0 Å². The Balaban J connectivity index is 0.000000437. The molecule has 0 amide bonds. The van der Waals surface area contributed by atoms with Crippen molar-refractivity contribution < 1.29 is 10.0 Å². The van der Waals surface area contributed by atoms with Gasteiger partial charge in [-0.1, -0.05) is 61.5 Å². The van der Waals surface area contributed by atoms with Gasteiger partial charge in [-0.2, -0.15) is 0 Å². The normalized spacial score (nSPS) is 9.12. The summed E-state index contributed by atoms with van der Waals surface area (Å²) < 4.78 is 0. The van der Waals surface area contributed by atoms with Crippen molar-refractivity contribution in [1.82, 2.24) is 0 Å². The fraction of sp³-hybridized carbons (Fsp3) is 0.143. The van der Waals surface area contributed by atoms with Crippen LogP contribution >= 0.6 is 0 Å². The summed E-state index contributed by atoms with van der Waals surface area (Å²) in [5.41, 5.74) is 3.97. The van der Waals surface area contributed by atoms with Crippen LogP contribution in [0.5, 0.6) is 0 Å². The van der Waals surface area contributed by atoms with Gasteiger partial charge in [0, 0.05) is 0 Å². The van der Waals surface area contributed by atoms with Crippen LogP contribution in [0.1, 0.15) is 12.5 Å². The first-order valence-corrected chi connectivity index (χ1v) is 5.56. The Hall–Kier alpha value is -1.58. The summed E-state index contributed by atoms with van der Waals surface area (Å²) in [7, 11) is 0. The Labute approximate surface area is 103 Å². The molecule has 1 radical (unpaired) electrons. The number of rotatable bonds is 2. The Kier molecular flexibility index (Phi) is 6.08. The number of benzene rings is 2. The minimum atomic E-state index is 0. The Bertz CT molecular complexity index is 412. The van der Waals surface area contributed by atoms with E-state index < -0.39 is 0 Å². The van der Waals surface area contributed by atoms with Crippen LogP contribution in [-0.4, -0.2) is 17.7 Å². The van der Waals surface area contributed by atoms with Crippen molar-refractivity contribution >= 4 is 7.69 Å². The van der Waals surface area contributed by atoms with Gasteiger partial charge in [-0.3, -0.25) is 0 Å². The molecule has 0 saturated heterocycles. The van der Waals surface area contributed by atoms with Crippen LogP contribution in [0.2, 0.25) is 0 Å². The highest BCUT2D eigenvalue weighted by Gasteiger charge is 1.95. The van der Waals surface area contributed by atoms with Gasteiger partial charge in [-0.05, 0) is 23.1 Å². The van der Waals surface area contributed by atoms with Gasteiger partial charge in [0.2, 0.25) is 0 Å². The summed E-state index contributed by atoms with van der Waals surface area (Å²) in [5, 5.41) is 14.0. The Morgan fingerprint density at radius 1 is 0.824 bits per heavy atom. The lowest BCUT2D eigenvalue weighted by molar-refractivity contribution is 0.448. The van der Waals surface area contributed by atoms with Gasteiger partial charge in [-0.15, -0.1) is 0 Å². The molecule has 0 atom stereocenters. The largest absolute Gasteiger partial charge is 0.482 e. The maximum atomic E-state index is 7.00. The monoisotopic (exact) mass is 227 g/mol. The summed E-state index contributed by atoms with van der Waals surface area (Å²) in [6.07, 6.45) is 1.11. The summed E-state index contributed by atoms with van der Waals surface area (Å²) in [4.78, 5) is 0. The zero-order valence-corrected chi connectivity index (χ0v) is 9.88. The highest BCUT2D eigenvalue weighted by atomic mass is 16.4. The molecule has 0 bridgehead atoms. The first kappa shape index (κ1) is 13.5. The first-order valence-electron chi connectivity index (χ1n) is 5.56. The quantitative estimate of drug-likeness (QED) is 0.773. The van der Waals surface area contributed by atoms with Crippen LogP contribution in [0.4, 0.5) is 0 Å². The van der Waals surface area contributed by atoms with E-state index in [1.165, 1.54) is 16.7 Å². The average Bonchev–Trinajstić information content (AvgIpc) is 2.41. The summed E-state index contributed by atoms with van der Waals surface area (Å²) in [6, 6.07) is 19.2. The van der Waals surface area contributed by atoms with E-state index in [1.54, 1.807) is 0 Å². The van der Waals surface area contributed by atoms with Gasteiger partial charge in [-0.25, -0.2) is 0 Å².